The second-order valence-electron chi connectivity index (χ2n) is 7.87. The molecule has 0 aliphatic carbocycles. The Morgan fingerprint density at radius 3 is 2.51 bits per heavy atom. The van der Waals surface area contributed by atoms with Gasteiger partial charge in [0.05, 0.1) is 17.9 Å². The molecule has 8 nitrogen and oxygen atoms in total. The molecule has 0 radical (unpaired) electrons. The highest BCUT2D eigenvalue weighted by molar-refractivity contribution is 7.80. The van der Waals surface area contributed by atoms with Crippen molar-refractivity contribution >= 4 is 58.5 Å². The van der Waals surface area contributed by atoms with Crippen molar-refractivity contribution in [3.63, 3.8) is 0 Å². The van der Waals surface area contributed by atoms with Crippen molar-refractivity contribution in [2.45, 2.75) is 13.5 Å². The molecule has 1 saturated heterocycles. The molecule has 0 spiro atoms. The molecule has 0 unspecified atom stereocenters. The van der Waals surface area contributed by atoms with E-state index >= 15 is 0 Å². The van der Waals surface area contributed by atoms with E-state index in [1.807, 2.05) is 19.1 Å². The third-order valence-corrected chi connectivity index (χ3v) is 5.88. The zero-order valence-corrected chi connectivity index (χ0v) is 21.1. The van der Waals surface area contributed by atoms with Crippen LogP contribution in [0.3, 0.4) is 0 Å². The van der Waals surface area contributed by atoms with Gasteiger partial charge in [-0.3, -0.25) is 19.8 Å². The number of benzene rings is 3. The highest BCUT2D eigenvalue weighted by Gasteiger charge is 2.34. The summed E-state index contributed by atoms with van der Waals surface area (Å²) in [4.78, 5) is 38.4. The summed E-state index contributed by atoms with van der Waals surface area (Å²) in [7, 11) is 0. The largest absolute Gasteiger partial charge is 0.490 e. The molecular formula is C27H21ClN2O6S. The molecule has 3 aromatic carbocycles. The van der Waals surface area contributed by atoms with Gasteiger partial charge in [0.1, 0.15) is 12.2 Å². The molecule has 1 aliphatic heterocycles. The molecule has 188 valence electrons. The van der Waals surface area contributed by atoms with E-state index in [4.69, 9.17) is 33.3 Å². The molecule has 1 aliphatic rings. The summed E-state index contributed by atoms with van der Waals surface area (Å²) in [6.45, 7) is 2.50. The maximum Gasteiger partial charge on any atom is 0.335 e. The smallest absolute Gasteiger partial charge is 0.335 e. The number of rotatable bonds is 8. The van der Waals surface area contributed by atoms with Gasteiger partial charge in [-0.05, 0) is 78.8 Å². The Bertz CT molecular complexity index is 1420. The van der Waals surface area contributed by atoms with Gasteiger partial charge < -0.3 is 14.6 Å². The van der Waals surface area contributed by atoms with Crippen LogP contribution in [0.1, 0.15) is 28.4 Å². The van der Waals surface area contributed by atoms with Crippen molar-refractivity contribution in [3.05, 3.63) is 94.0 Å². The average molecular weight is 537 g/mol. The molecular weight excluding hydrogens is 516 g/mol. The molecule has 2 N–H and O–H groups in total. The maximum absolute atomic E-state index is 13.3. The maximum atomic E-state index is 13.3. The van der Waals surface area contributed by atoms with E-state index in [-0.39, 0.29) is 21.9 Å². The monoisotopic (exact) mass is 536 g/mol. The second-order valence-corrected chi connectivity index (χ2v) is 8.69. The molecule has 1 fully saturated rings. The first-order valence-electron chi connectivity index (χ1n) is 11.2. The Morgan fingerprint density at radius 2 is 1.81 bits per heavy atom. The number of thiocarbonyl (C=S) groups is 1. The first kappa shape index (κ1) is 25.9. The second kappa shape index (κ2) is 11.2. The Morgan fingerprint density at radius 1 is 1.05 bits per heavy atom. The predicted octanol–water partition coefficient (Wildman–Crippen LogP) is 4.85. The number of ether oxygens (including phenoxy) is 2. The van der Waals surface area contributed by atoms with Gasteiger partial charge in [-0.1, -0.05) is 35.9 Å². The van der Waals surface area contributed by atoms with E-state index in [2.05, 4.69) is 5.32 Å². The van der Waals surface area contributed by atoms with Crippen LogP contribution in [0.25, 0.3) is 6.08 Å². The summed E-state index contributed by atoms with van der Waals surface area (Å²) in [5.41, 5.74) is 1.47. The first-order chi connectivity index (χ1) is 17.8. The number of hydrogen-bond donors (Lipinski definition) is 2. The van der Waals surface area contributed by atoms with Crippen LogP contribution in [0.4, 0.5) is 5.69 Å². The summed E-state index contributed by atoms with van der Waals surface area (Å²) in [6, 6.07) is 18.0. The molecule has 0 atom stereocenters. The minimum absolute atomic E-state index is 0.0222. The van der Waals surface area contributed by atoms with Gasteiger partial charge in [0.15, 0.2) is 16.6 Å². The van der Waals surface area contributed by atoms with Gasteiger partial charge in [-0.25, -0.2) is 4.79 Å². The van der Waals surface area contributed by atoms with Gasteiger partial charge >= 0.3 is 5.97 Å². The fraction of sp³-hybridized carbons (Fsp3) is 0.111. The Hall–Kier alpha value is -4.21. The van der Waals surface area contributed by atoms with Gasteiger partial charge in [-0.2, -0.15) is 0 Å². The van der Waals surface area contributed by atoms with Crippen LogP contribution in [0.2, 0.25) is 5.02 Å². The predicted molar refractivity (Wildman–Crippen MR) is 143 cm³/mol. The number of carboxylic acid groups (broad SMARTS) is 1. The van der Waals surface area contributed by atoms with Crippen molar-refractivity contribution in [1.82, 2.24) is 5.32 Å². The number of carbonyl (C=O) groups excluding carboxylic acids is 2. The zero-order valence-electron chi connectivity index (χ0n) is 19.6. The normalized spacial score (nSPS) is 14.5. The molecule has 0 bridgehead atoms. The van der Waals surface area contributed by atoms with Crippen molar-refractivity contribution in [3.8, 4) is 11.5 Å². The van der Waals surface area contributed by atoms with Gasteiger partial charge in [0.2, 0.25) is 0 Å². The van der Waals surface area contributed by atoms with Crippen LogP contribution in [0.5, 0.6) is 11.5 Å². The topological polar surface area (TPSA) is 105 Å². The summed E-state index contributed by atoms with van der Waals surface area (Å²) in [5, 5.41) is 12.3. The number of amides is 2. The molecule has 4 rings (SSSR count). The lowest BCUT2D eigenvalue weighted by Crippen LogP contribution is -2.54. The van der Waals surface area contributed by atoms with Crippen LogP contribution >= 0.6 is 23.8 Å². The molecule has 0 saturated carbocycles. The fourth-order valence-corrected chi connectivity index (χ4v) is 3.99. The third-order valence-electron chi connectivity index (χ3n) is 5.34. The molecule has 1 heterocycles. The molecule has 10 heteroatoms. The van der Waals surface area contributed by atoms with Gasteiger partial charge in [-0.15, -0.1) is 0 Å². The van der Waals surface area contributed by atoms with E-state index in [9.17, 15) is 19.5 Å². The molecule has 2 amide bonds. The summed E-state index contributed by atoms with van der Waals surface area (Å²) in [6.07, 6.45) is 1.42. The van der Waals surface area contributed by atoms with Crippen LogP contribution < -0.4 is 19.7 Å². The van der Waals surface area contributed by atoms with Crippen LogP contribution in [0.15, 0.2) is 72.3 Å². The lowest BCUT2D eigenvalue weighted by Gasteiger charge is -2.29. The minimum atomic E-state index is -1.15. The number of nitrogens with one attached hydrogen (secondary N) is 1. The molecule has 37 heavy (non-hydrogen) atoms. The van der Waals surface area contributed by atoms with Crippen LogP contribution in [0, 0.1) is 0 Å². The van der Waals surface area contributed by atoms with Crippen molar-refractivity contribution in [2.75, 3.05) is 11.5 Å². The van der Waals surface area contributed by atoms with Gasteiger partial charge in [0, 0.05) is 5.02 Å². The Kier molecular flexibility index (Phi) is 7.86. The van der Waals surface area contributed by atoms with Crippen molar-refractivity contribution in [1.29, 1.82) is 0 Å². The lowest BCUT2D eigenvalue weighted by atomic mass is 10.1. The van der Waals surface area contributed by atoms with E-state index < -0.39 is 17.8 Å². The minimum Gasteiger partial charge on any atom is -0.490 e. The standard InChI is InChI=1S/C27H21ClN2O6S/c1-2-35-23-13-17(8-11-22(23)36-15-16-6-9-19(28)10-7-16)12-21-24(31)29-27(37)30(25(21)32)20-5-3-4-18(14-20)26(33)34/h3-14H,2,15H2,1H3,(H,33,34)(H,29,31,37). The summed E-state index contributed by atoms with van der Waals surface area (Å²) in [5.74, 6) is -1.57. The Labute approximate surface area is 223 Å². The molecule has 3 aromatic rings. The quantitative estimate of drug-likeness (QED) is 0.241. The number of anilines is 1. The SMILES string of the molecule is CCOc1cc(C=C2C(=O)NC(=S)N(c3cccc(C(=O)O)c3)C2=O)ccc1OCc1ccc(Cl)cc1. The van der Waals surface area contributed by atoms with E-state index in [0.29, 0.717) is 35.3 Å². The Balaban J connectivity index is 1.62. The molecule has 0 aromatic heterocycles. The average Bonchev–Trinajstić information content (AvgIpc) is 2.87. The third kappa shape index (κ3) is 5.96. The number of hydrogen-bond acceptors (Lipinski definition) is 6. The van der Waals surface area contributed by atoms with Crippen molar-refractivity contribution < 1.29 is 29.0 Å². The number of carbonyl (C=O) groups is 3. The highest BCUT2D eigenvalue weighted by Crippen LogP contribution is 2.31. The van der Waals surface area contributed by atoms with E-state index in [1.54, 1.807) is 30.3 Å². The lowest BCUT2D eigenvalue weighted by molar-refractivity contribution is -0.122. The summed E-state index contributed by atoms with van der Waals surface area (Å²) >= 11 is 11.1. The van der Waals surface area contributed by atoms with Crippen molar-refractivity contribution in [2.24, 2.45) is 0 Å². The van der Waals surface area contributed by atoms with Gasteiger partial charge in [0.25, 0.3) is 11.8 Å². The van der Waals surface area contributed by atoms with Crippen LogP contribution in [-0.2, 0) is 16.2 Å². The number of halogens is 1. The van der Waals surface area contributed by atoms with E-state index in [1.165, 1.54) is 30.3 Å². The highest BCUT2D eigenvalue weighted by atomic mass is 35.5. The number of carboxylic acids is 1. The van der Waals surface area contributed by atoms with Crippen LogP contribution in [-0.4, -0.2) is 34.6 Å². The number of nitrogens with zero attached hydrogens (tertiary/aromatic N) is 1. The summed E-state index contributed by atoms with van der Waals surface area (Å²) < 4.78 is 11.6. The fourth-order valence-electron chi connectivity index (χ4n) is 3.58. The number of aromatic carboxylic acids is 1. The first-order valence-corrected chi connectivity index (χ1v) is 11.9. The van der Waals surface area contributed by atoms with E-state index in [0.717, 1.165) is 10.5 Å². The zero-order chi connectivity index (χ0) is 26.5.